The van der Waals surface area contributed by atoms with Crippen molar-refractivity contribution >= 4 is 33.9 Å². The third kappa shape index (κ3) is 7.82. The van der Waals surface area contributed by atoms with Gasteiger partial charge in [0.25, 0.3) is 0 Å². The Labute approximate surface area is 156 Å². The highest BCUT2D eigenvalue weighted by atomic mass is 127. The maximum absolute atomic E-state index is 4.37. The molecule has 1 aliphatic carbocycles. The van der Waals surface area contributed by atoms with Crippen LogP contribution in [0, 0.1) is 22.7 Å². The van der Waals surface area contributed by atoms with Crippen LogP contribution < -0.4 is 0 Å². The first-order valence-electron chi connectivity index (χ1n) is 8.35. The summed E-state index contributed by atoms with van der Waals surface area (Å²) >= 11 is 0. The van der Waals surface area contributed by atoms with E-state index in [4.69, 9.17) is 0 Å². The largest absolute Gasteiger partial charge is 0.153 e. The Morgan fingerprint density at radius 1 is 1.14 bits per heavy atom. The molecule has 0 amide bonds. The molecular formula is C19H42IP. The molecule has 1 fully saturated rings. The van der Waals surface area contributed by atoms with Crippen molar-refractivity contribution in [2.24, 2.45) is 22.7 Å². The highest BCUT2D eigenvalue weighted by Gasteiger charge is 2.41. The lowest BCUT2D eigenvalue weighted by atomic mass is 9.65. The van der Waals surface area contributed by atoms with Gasteiger partial charge in [-0.25, -0.2) is 0 Å². The van der Waals surface area contributed by atoms with Crippen LogP contribution in [0.1, 0.15) is 87.9 Å². The van der Waals surface area contributed by atoms with Gasteiger partial charge in [-0.15, -0.1) is 24.0 Å². The third-order valence-corrected chi connectivity index (χ3v) is 4.89. The van der Waals surface area contributed by atoms with Gasteiger partial charge in [0.1, 0.15) is 0 Å². The molecule has 2 heteroatoms. The van der Waals surface area contributed by atoms with Crippen molar-refractivity contribution in [3.63, 3.8) is 0 Å². The van der Waals surface area contributed by atoms with Crippen LogP contribution >= 0.6 is 33.9 Å². The van der Waals surface area contributed by atoms with E-state index in [0.29, 0.717) is 10.8 Å². The van der Waals surface area contributed by atoms with Crippen LogP contribution in [0.25, 0.3) is 0 Å². The Bertz CT molecular complexity index is 307. The fourth-order valence-electron chi connectivity index (χ4n) is 4.46. The van der Waals surface area contributed by atoms with Crippen molar-refractivity contribution in [1.29, 1.82) is 0 Å². The number of hydrogen-bond acceptors (Lipinski definition) is 0. The monoisotopic (exact) mass is 428 g/mol. The van der Waals surface area contributed by atoms with Gasteiger partial charge in [0.2, 0.25) is 0 Å². The smallest absolute Gasteiger partial charge is 0 e. The average molecular weight is 428 g/mol. The van der Waals surface area contributed by atoms with Crippen LogP contribution in [-0.4, -0.2) is 0 Å². The molecule has 130 valence electrons. The highest BCUT2D eigenvalue weighted by molar-refractivity contribution is 14.0. The normalized spacial score (nSPS) is 22.7. The van der Waals surface area contributed by atoms with E-state index in [1.807, 2.05) is 0 Å². The SMILES string of the molecule is C=C1CCC(C(C)(C)CC(C)(C)C)C1CCCCC.I.P.[HH]. The second kappa shape index (κ2) is 9.91. The van der Waals surface area contributed by atoms with Crippen LogP contribution in [0.3, 0.4) is 0 Å². The first kappa shape index (κ1) is 24.2. The Balaban J connectivity index is -0.00000120. The molecule has 0 N–H and O–H groups in total. The molecule has 3 atom stereocenters. The zero-order valence-corrected chi connectivity index (χ0v) is 19.2. The Morgan fingerprint density at radius 2 is 1.71 bits per heavy atom. The van der Waals surface area contributed by atoms with E-state index >= 15 is 0 Å². The quantitative estimate of drug-likeness (QED) is 0.177. The summed E-state index contributed by atoms with van der Waals surface area (Å²) in [5, 5.41) is 0. The van der Waals surface area contributed by atoms with Gasteiger partial charge in [0.15, 0.2) is 0 Å². The van der Waals surface area contributed by atoms with Crippen LogP contribution in [0.2, 0.25) is 0 Å². The summed E-state index contributed by atoms with van der Waals surface area (Å²) in [5.41, 5.74) is 2.43. The minimum atomic E-state index is 0. The molecule has 1 aliphatic rings. The predicted octanol–water partition coefficient (Wildman–Crippen LogP) is 7.53. The van der Waals surface area contributed by atoms with E-state index in [1.165, 1.54) is 44.9 Å². The molecule has 0 heterocycles. The lowest BCUT2D eigenvalue weighted by Gasteiger charge is -2.40. The number of allylic oxidation sites excluding steroid dienone is 1. The molecule has 0 aliphatic heterocycles. The molecule has 0 nitrogen and oxygen atoms in total. The summed E-state index contributed by atoms with van der Waals surface area (Å²) in [5.74, 6) is 1.65. The van der Waals surface area contributed by atoms with E-state index in [9.17, 15) is 0 Å². The fraction of sp³-hybridized carbons (Fsp3) is 0.895. The minimum absolute atomic E-state index is 0. The van der Waals surface area contributed by atoms with E-state index in [-0.39, 0.29) is 35.3 Å². The van der Waals surface area contributed by atoms with E-state index in [1.54, 1.807) is 5.57 Å². The predicted molar refractivity (Wildman–Crippen MR) is 116 cm³/mol. The van der Waals surface area contributed by atoms with Crippen LogP contribution in [-0.2, 0) is 0 Å². The number of rotatable bonds is 6. The second-order valence-corrected chi connectivity index (χ2v) is 8.63. The molecule has 21 heavy (non-hydrogen) atoms. The minimum Gasteiger partial charge on any atom is -0.153 e. The van der Waals surface area contributed by atoms with Gasteiger partial charge in [0, 0.05) is 1.43 Å². The van der Waals surface area contributed by atoms with Gasteiger partial charge < -0.3 is 0 Å². The zero-order valence-electron chi connectivity index (χ0n) is 15.4. The van der Waals surface area contributed by atoms with Gasteiger partial charge in [-0.2, -0.15) is 9.90 Å². The average Bonchev–Trinajstić information content (AvgIpc) is 2.58. The lowest BCUT2D eigenvalue weighted by Crippen LogP contribution is -2.31. The summed E-state index contributed by atoms with van der Waals surface area (Å²) in [4.78, 5) is 0. The van der Waals surface area contributed by atoms with Gasteiger partial charge in [-0.3, -0.25) is 0 Å². The Morgan fingerprint density at radius 3 is 2.19 bits per heavy atom. The molecule has 0 radical (unpaired) electrons. The van der Waals surface area contributed by atoms with Gasteiger partial charge in [-0.1, -0.05) is 73.0 Å². The van der Waals surface area contributed by atoms with Crippen molar-refractivity contribution in [3.8, 4) is 0 Å². The topological polar surface area (TPSA) is 0 Å². The highest BCUT2D eigenvalue weighted by Crippen LogP contribution is 2.51. The lowest BCUT2D eigenvalue weighted by molar-refractivity contribution is 0.103. The first-order valence-corrected chi connectivity index (χ1v) is 8.35. The fourth-order valence-corrected chi connectivity index (χ4v) is 4.46. The molecule has 0 aromatic heterocycles. The number of hydrogen-bond donors (Lipinski definition) is 0. The van der Waals surface area contributed by atoms with Crippen molar-refractivity contribution in [2.45, 2.75) is 86.5 Å². The van der Waals surface area contributed by atoms with Crippen LogP contribution in [0.15, 0.2) is 12.2 Å². The van der Waals surface area contributed by atoms with Crippen molar-refractivity contribution in [1.82, 2.24) is 0 Å². The molecule has 0 bridgehead atoms. The van der Waals surface area contributed by atoms with E-state index in [2.05, 4.69) is 48.1 Å². The molecule has 1 rings (SSSR count). The molecule has 0 spiro atoms. The van der Waals surface area contributed by atoms with Crippen molar-refractivity contribution in [2.75, 3.05) is 0 Å². The van der Waals surface area contributed by atoms with Crippen LogP contribution in [0.4, 0.5) is 0 Å². The molecule has 0 aromatic rings. The molecule has 3 unspecified atom stereocenters. The van der Waals surface area contributed by atoms with E-state index < -0.39 is 0 Å². The van der Waals surface area contributed by atoms with Crippen molar-refractivity contribution < 1.29 is 1.43 Å². The molecule has 0 saturated heterocycles. The number of unbranched alkanes of at least 4 members (excludes halogenated alkanes) is 2. The Hall–Kier alpha value is 0.900. The second-order valence-electron chi connectivity index (χ2n) is 8.63. The van der Waals surface area contributed by atoms with Crippen LogP contribution in [0.5, 0.6) is 0 Å². The summed E-state index contributed by atoms with van der Waals surface area (Å²) in [7, 11) is 0. The third-order valence-electron chi connectivity index (χ3n) is 4.89. The summed E-state index contributed by atoms with van der Waals surface area (Å²) < 4.78 is 0. The summed E-state index contributed by atoms with van der Waals surface area (Å²) in [6.07, 6.45) is 9.45. The van der Waals surface area contributed by atoms with Gasteiger partial charge in [0.05, 0.1) is 0 Å². The van der Waals surface area contributed by atoms with Gasteiger partial charge >= 0.3 is 0 Å². The maximum atomic E-state index is 4.37. The standard InChI is InChI=1S/C19H36.HI.H3P.H2/c1-8-9-10-11-16-15(2)12-13-17(16)19(6,7)14-18(3,4)5;;;/h16-17H,2,8-14H2,1,3-7H3;1H;1H3;1H. The molecular weight excluding hydrogens is 386 g/mol. The van der Waals surface area contributed by atoms with Crippen molar-refractivity contribution in [3.05, 3.63) is 12.2 Å². The molecule has 1 saturated carbocycles. The number of halogens is 1. The first-order chi connectivity index (χ1) is 8.67. The van der Waals surface area contributed by atoms with E-state index in [0.717, 1.165) is 11.8 Å². The van der Waals surface area contributed by atoms with Gasteiger partial charge in [-0.05, 0) is 48.3 Å². The zero-order chi connectivity index (χ0) is 14.7. The molecule has 0 aromatic carbocycles. The summed E-state index contributed by atoms with van der Waals surface area (Å²) in [6, 6.07) is 0. The summed E-state index contributed by atoms with van der Waals surface area (Å²) in [6.45, 7) is 18.8. The Kier molecular flexibility index (Phi) is 11.4. The maximum Gasteiger partial charge on any atom is 0 e.